The van der Waals surface area contributed by atoms with Crippen molar-refractivity contribution in [1.82, 2.24) is 20.2 Å². The average molecular weight is 464 g/mol. The number of nitrogen functional groups attached to an aromatic ring is 1. The first-order chi connectivity index (χ1) is 14.4. The van der Waals surface area contributed by atoms with Crippen molar-refractivity contribution >= 4 is 40.9 Å². The smallest absolute Gasteiger partial charge is 0.233 e. The SMILES string of the molecule is CC[C@H](CNC(=O)[C@H](C)Sc1nnc(-c2cc(Cl)ccc2Cl)n1N)c1ccccc1. The van der Waals surface area contributed by atoms with Crippen LogP contribution < -0.4 is 11.2 Å². The van der Waals surface area contributed by atoms with E-state index in [2.05, 4.69) is 34.6 Å². The Morgan fingerprint density at radius 1 is 1.20 bits per heavy atom. The number of halogens is 2. The zero-order valence-electron chi connectivity index (χ0n) is 16.7. The Morgan fingerprint density at radius 2 is 1.93 bits per heavy atom. The number of amides is 1. The number of carbonyl (C=O) groups excluding carboxylic acids is 1. The molecular weight excluding hydrogens is 441 g/mol. The fourth-order valence-electron chi connectivity index (χ4n) is 3.01. The normalized spacial score (nSPS) is 13.1. The van der Waals surface area contributed by atoms with Gasteiger partial charge in [-0.05, 0) is 37.1 Å². The van der Waals surface area contributed by atoms with E-state index in [0.29, 0.717) is 33.1 Å². The van der Waals surface area contributed by atoms with Crippen LogP contribution in [0.1, 0.15) is 31.7 Å². The van der Waals surface area contributed by atoms with Crippen LogP contribution in [0.4, 0.5) is 0 Å². The standard InChI is InChI=1S/C21H23Cl2N5OS/c1-3-14(15-7-5-4-6-8-15)12-25-20(29)13(2)30-21-27-26-19(28(21)24)17-11-16(22)9-10-18(17)23/h4-11,13-14H,3,12,24H2,1-2H3,(H,25,29)/t13-,14+/m0/s1. The molecule has 0 radical (unpaired) electrons. The Labute approximate surface area is 190 Å². The van der Waals surface area contributed by atoms with Crippen LogP contribution in [0.15, 0.2) is 53.7 Å². The van der Waals surface area contributed by atoms with Crippen molar-refractivity contribution in [2.45, 2.75) is 36.6 Å². The van der Waals surface area contributed by atoms with E-state index in [1.54, 1.807) is 18.2 Å². The molecular formula is C21H23Cl2N5OS. The summed E-state index contributed by atoms with van der Waals surface area (Å²) < 4.78 is 1.32. The zero-order valence-corrected chi connectivity index (χ0v) is 19.0. The molecule has 3 aromatic rings. The Bertz CT molecular complexity index is 1010. The maximum atomic E-state index is 12.6. The molecule has 30 heavy (non-hydrogen) atoms. The van der Waals surface area contributed by atoms with Gasteiger partial charge in [0.05, 0.1) is 10.3 Å². The second-order valence-corrected chi connectivity index (χ2v) is 8.97. The van der Waals surface area contributed by atoms with Crippen molar-refractivity contribution in [2.75, 3.05) is 12.4 Å². The lowest BCUT2D eigenvalue weighted by Crippen LogP contribution is -2.34. The summed E-state index contributed by atoms with van der Waals surface area (Å²) in [5, 5.41) is 12.3. The summed E-state index contributed by atoms with van der Waals surface area (Å²) >= 11 is 13.5. The molecule has 0 saturated carbocycles. The molecule has 0 spiro atoms. The molecule has 6 nitrogen and oxygen atoms in total. The Balaban J connectivity index is 1.64. The molecule has 158 valence electrons. The third kappa shape index (κ3) is 5.28. The van der Waals surface area contributed by atoms with Crippen LogP contribution in [0, 0.1) is 0 Å². The molecule has 9 heteroatoms. The molecule has 1 aromatic heterocycles. The summed E-state index contributed by atoms with van der Waals surface area (Å²) in [5.41, 5.74) is 1.79. The van der Waals surface area contributed by atoms with Crippen LogP contribution >= 0.6 is 35.0 Å². The molecule has 3 rings (SSSR count). The highest BCUT2D eigenvalue weighted by Gasteiger charge is 2.21. The van der Waals surface area contributed by atoms with Gasteiger partial charge >= 0.3 is 0 Å². The maximum absolute atomic E-state index is 12.6. The number of thioether (sulfide) groups is 1. The number of hydrogen-bond donors (Lipinski definition) is 2. The average Bonchev–Trinajstić information content (AvgIpc) is 3.10. The molecule has 0 unspecified atom stereocenters. The maximum Gasteiger partial charge on any atom is 0.233 e. The van der Waals surface area contributed by atoms with E-state index in [1.165, 1.54) is 22.0 Å². The fourth-order valence-corrected chi connectivity index (χ4v) is 4.18. The van der Waals surface area contributed by atoms with Crippen molar-refractivity contribution in [3.8, 4) is 11.4 Å². The van der Waals surface area contributed by atoms with Crippen LogP contribution in [0.5, 0.6) is 0 Å². The van der Waals surface area contributed by atoms with E-state index in [-0.39, 0.29) is 11.8 Å². The first-order valence-electron chi connectivity index (χ1n) is 9.56. The molecule has 2 aromatic carbocycles. The second kappa shape index (κ2) is 10.2. The van der Waals surface area contributed by atoms with Gasteiger partial charge in [0.15, 0.2) is 5.82 Å². The molecule has 2 atom stereocenters. The van der Waals surface area contributed by atoms with Crippen molar-refractivity contribution < 1.29 is 4.79 Å². The molecule has 0 fully saturated rings. The zero-order chi connectivity index (χ0) is 21.7. The van der Waals surface area contributed by atoms with Gasteiger partial charge < -0.3 is 11.2 Å². The van der Waals surface area contributed by atoms with Gasteiger partial charge in [-0.15, -0.1) is 10.2 Å². The van der Waals surface area contributed by atoms with Gasteiger partial charge in [0.2, 0.25) is 11.1 Å². The lowest BCUT2D eigenvalue weighted by Gasteiger charge is -2.18. The molecule has 0 bridgehead atoms. The summed E-state index contributed by atoms with van der Waals surface area (Å²) in [6.45, 7) is 4.49. The molecule has 0 aliphatic heterocycles. The topological polar surface area (TPSA) is 85.8 Å². The number of nitrogens with zero attached hydrogens (tertiary/aromatic N) is 3. The highest BCUT2D eigenvalue weighted by atomic mass is 35.5. The minimum absolute atomic E-state index is 0.0836. The monoisotopic (exact) mass is 463 g/mol. The summed E-state index contributed by atoms with van der Waals surface area (Å²) in [5.74, 6) is 6.72. The van der Waals surface area contributed by atoms with Crippen LogP contribution in [0.3, 0.4) is 0 Å². The van der Waals surface area contributed by atoms with E-state index in [0.717, 1.165) is 6.42 Å². The highest BCUT2D eigenvalue weighted by molar-refractivity contribution is 8.00. The van der Waals surface area contributed by atoms with Crippen LogP contribution in [0.2, 0.25) is 10.0 Å². The number of carbonyl (C=O) groups is 1. The van der Waals surface area contributed by atoms with Crippen molar-refractivity contribution in [2.24, 2.45) is 0 Å². The first kappa shape index (κ1) is 22.5. The lowest BCUT2D eigenvalue weighted by molar-refractivity contribution is -0.120. The van der Waals surface area contributed by atoms with Crippen LogP contribution in [-0.4, -0.2) is 32.6 Å². The predicted octanol–water partition coefficient (Wildman–Crippen LogP) is 4.76. The van der Waals surface area contributed by atoms with Gasteiger partial charge in [-0.25, -0.2) is 4.68 Å². The molecule has 0 saturated heterocycles. The summed E-state index contributed by atoms with van der Waals surface area (Å²) in [6, 6.07) is 15.2. The number of aromatic nitrogens is 3. The highest BCUT2D eigenvalue weighted by Crippen LogP contribution is 2.31. The molecule has 0 aliphatic rings. The van der Waals surface area contributed by atoms with E-state index >= 15 is 0 Å². The molecule has 1 heterocycles. The summed E-state index contributed by atoms with van der Waals surface area (Å²) in [6.07, 6.45) is 0.937. The number of nitrogens with one attached hydrogen (secondary N) is 1. The van der Waals surface area contributed by atoms with Gasteiger partial charge in [0.1, 0.15) is 0 Å². The van der Waals surface area contributed by atoms with Crippen LogP contribution in [-0.2, 0) is 4.79 Å². The lowest BCUT2D eigenvalue weighted by atomic mass is 9.96. The summed E-state index contributed by atoms with van der Waals surface area (Å²) in [7, 11) is 0. The number of hydrogen-bond acceptors (Lipinski definition) is 5. The largest absolute Gasteiger partial charge is 0.355 e. The van der Waals surface area contributed by atoms with E-state index in [1.807, 2.05) is 25.1 Å². The number of rotatable bonds is 8. The molecule has 0 aliphatic carbocycles. The number of nitrogens with two attached hydrogens (primary N) is 1. The second-order valence-electron chi connectivity index (χ2n) is 6.82. The Kier molecular flexibility index (Phi) is 7.64. The van der Waals surface area contributed by atoms with Crippen molar-refractivity contribution in [1.29, 1.82) is 0 Å². The molecule has 3 N–H and O–H groups in total. The van der Waals surface area contributed by atoms with Gasteiger partial charge in [-0.1, -0.05) is 72.2 Å². The van der Waals surface area contributed by atoms with Gasteiger partial charge in [0, 0.05) is 23.0 Å². The summed E-state index contributed by atoms with van der Waals surface area (Å²) in [4.78, 5) is 12.6. The Morgan fingerprint density at radius 3 is 2.63 bits per heavy atom. The van der Waals surface area contributed by atoms with E-state index in [9.17, 15) is 4.79 Å². The van der Waals surface area contributed by atoms with Gasteiger partial charge in [-0.3, -0.25) is 4.79 Å². The van der Waals surface area contributed by atoms with Crippen molar-refractivity contribution in [3.05, 3.63) is 64.1 Å². The van der Waals surface area contributed by atoms with Crippen LogP contribution in [0.25, 0.3) is 11.4 Å². The molecule has 1 amide bonds. The fraction of sp³-hybridized carbons (Fsp3) is 0.286. The van der Waals surface area contributed by atoms with Gasteiger partial charge in [0.25, 0.3) is 0 Å². The van der Waals surface area contributed by atoms with E-state index in [4.69, 9.17) is 29.0 Å². The first-order valence-corrected chi connectivity index (χ1v) is 11.2. The minimum Gasteiger partial charge on any atom is -0.355 e. The Hall–Kier alpha value is -2.22. The number of benzene rings is 2. The third-order valence-corrected chi connectivity index (χ3v) is 6.39. The van der Waals surface area contributed by atoms with Crippen molar-refractivity contribution in [3.63, 3.8) is 0 Å². The van der Waals surface area contributed by atoms with E-state index < -0.39 is 5.25 Å². The minimum atomic E-state index is -0.396. The third-order valence-electron chi connectivity index (χ3n) is 4.77. The predicted molar refractivity (Wildman–Crippen MR) is 123 cm³/mol. The van der Waals surface area contributed by atoms with Gasteiger partial charge in [-0.2, -0.15) is 0 Å². The quantitative estimate of drug-likeness (QED) is 0.371.